The fraction of sp³-hybridized carbons (Fsp3) is 0.0137. The molecule has 15 rings (SSSR count). The van der Waals surface area contributed by atoms with Gasteiger partial charge in [-0.05, 0) is 76.8 Å². The lowest BCUT2D eigenvalue weighted by Gasteiger charge is -2.30. The highest BCUT2D eigenvalue weighted by Gasteiger charge is 2.51. The van der Waals surface area contributed by atoms with Gasteiger partial charge in [0.15, 0.2) is 0 Å². The minimum atomic E-state index is -0.180. The van der Waals surface area contributed by atoms with Gasteiger partial charge in [0.2, 0.25) is 0 Å². The van der Waals surface area contributed by atoms with Crippen LogP contribution in [-0.4, -0.2) is 153 Å². The molecule has 28 heteroatoms. The van der Waals surface area contributed by atoms with E-state index < -0.39 is 0 Å². The second-order valence-electron chi connectivity index (χ2n) is 17.4. The lowest BCUT2D eigenvalue weighted by Crippen LogP contribution is -2.25. The molecule has 2 aliphatic rings. The molecule has 0 saturated heterocycles. The largest absolute Gasteiger partial charge is 0.412 e. The minimum absolute atomic E-state index is 0. The summed E-state index contributed by atoms with van der Waals surface area (Å²) in [4.78, 5) is 0. The highest BCUT2D eigenvalue weighted by molar-refractivity contribution is 5.95. The molecular weight excluding hydrogens is 1320 g/mol. The van der Waals surface area contributed by atoms with Crippen LogP contribution in [-0.2, 0) is 5.41 Å². The molecule has 28 nitrogen and oxygen atoms in total. The summed E-state index contributed by atoms with van der Waals surface area (Å²) in [5, 5.41) is 7.86. The van der Waals surface area contributed by atoms with Crippen LogP contribution in [0.2, 0.25) is 0 Å². The first-order valence-corrected chi connectivity index (χ1v) is 25.0. The zero-order valence-corrected chi connectivity index (χ0v) is 55.0. The number of hydrogen-bond donors (Lipinski definition) is 0. The Morgan fingerprint density at radius 1 is 0.0990 bits per heavy atom. The van der Waals surface area contributed by atoms with Crippen molar-refractivity contribution in [1.29, 1.82) is 0 Å². The van der Waals surface area contributed by atoms with Gasteiger partial charge in [-0.15, -0.1) is 0 Å². The van der Waals surface area contributed by atoms with Crippen molar-refractivity contribution in [3.63, 3.8) is 0 Å². The van der Waals surface area contributed by atoms with Crippen LogP contribution >= 0.6 is 0 Å². The van der Waals surface area contributed by atoms with Crippen molar-refractivity contribution in [2.45, 2.75) is 5.41 Å². The maximum atomic E-state index is 2.31. The first-order valence-electron chi connectivity index (χ1n) is 25.0. The van der Waals surface area contributed by atoms with Gasteiger partial charge < -0.3 is 153 Å². The first kappa shape index (κ1) is 146. The summed E-state index contributed by atoms with van der Waals surface area (Å²) < 4.78 is 0. The summed E-state index contributed by atoms with van der Waals surface area (Å²) in [5.74, 6) is 0. The van der Waals surface area contributed by atoms with Crippen molar-refractivity contribution in [3.8, 4) is 22.3 Å². The molecule has 0 atom stereocenters. The van der Waals surface area contributed by atoms with E-state index in [2.05, 4.69) is 243 Å². The Bertz CT molecular complexity index is 3070. The molecule has 101 heavy (non-hydrogen) atoms. The summed E-state index contributed by atoms with van der Waals surface area (Å²) >= 11 is 0. The van der Waals surface area contributed by atoms with Gasteiger partial charge in [0.05, 0.1) is 5.41 Å². The number of rotatable bonds is 0. The van der Waals surface area contributed by atoms with Crippen LogP contribution in [0, 0.1) is 0 Å². The Kier molecular flexibility index (Phi) is 111. The average molecular weight is 1440 g/mol. The van der Waals surface area contributed by atoms with Crippen LogP contribution in [0.4, 0.5) is 0 Å². The third-order valence-corrected chi connectivity index (χ3v) is 12.9. The molecule has 0 aliphatic heterocycles. The lowest BCUT2D eigenvalue weighted by atomic mass is 9.70. The van der Waals surface area contributed by atoms with E-state index in [-0.39, 0.29) is 159 Å². The Balaban J connectivity index is -0.0000000426. The van der Waals surface area contributed by atoms with Gasteiger partial charge in [-0.25, -0.2) is 0 Å². The van der Waals surface area contributed by atoms with Gasteiger partial charge in [0, 0.05) is 0 Å². The molecule has 13 aromatic rings. The topological polar surface area (TPSA) is 882 Å². The summed E-state index contributed by atoms with van der Waals surface area (Å²) in [6, 6.07) is 122. The molecule has 0 heterocycles. The molecule has 13 aromatic carbocycles. The van der Waals surface area contributed by atoms with Crippen LogP contribution in [0.3, 0.4) is 0 Å². The van der Waals surface area contributed by atoms with Gasteiger partial charge in [0.1, 0.15) is 0 Å². The first-order chi connectivity index (χ1) is 36.3. The molecule has 0 bridgehead atoms. The van der Waals surface area contributed by atoms with Crippen LogP contribution in [0.1, 0.15) is 22.3 Å². The van der Waals surface area contributed by atoms with E-state index >= 15 is 0 Å². The van der Waals surface area contributed by atoms with Crippen molar-refractivity contribution in [1.82, 2.24) is 0 Å². The molecule has 0 amide bonds. The molecule has 0 aromatic heterocycles. The minimum Gasteiger partial charge on any atom is -0.412 e. The second-order valence-corrected chi connectivity index (χ2v) is 17.4. The molecule has 0 unspecified atom stereocenters. The summed E-state index contributed by atoms with van der Waals surface area (Å²) in [6.45, 7) is 0. The highest BCUT2D eigenvalue weighted by Crippen LogP contribution is 2.62. The molecule has 0 fully saturated rings. The van der Waals surface area contributed by atoms with Gasteiger partial charge in [0.25, 0.3) is 0 Å². The fourth-order valence-electron chi connectivity index (χ4n) is 9.60. The van der Waals surface area contributed by atoms with Crippen LogP contribution < -0.4 is 0 Å². The van der Waals surface area contributed by atoms with E-state index in [1.54, 1.807) is 0 Å². The van der Waals surface area contributed by atoms with Crippen LogP contribution in [0.25, 0.3) is 54.6 Å². The van der Waals surface area contributed by atoms with E-state index in [0.29, 0.717) is 0 Å². The zero-order chi connectivity index (χ0) is 49.6. The molecular formula is C73H114O28. The fourth-order valence-corrected chi connectivity index (χ4v) is 9.60. The average Bonchev–Trinajstić information content (AvgIpc) is 1.52. The molecule has 2 aliphatic carbocycles. The smallest absolute Gasteiger partial charge is 0.0725 e. The predicted molar refractivity (Wildman–Crippen MR) is 415 cm³/mol. The second kappa shape index (κ2) is 76.9. The van der Waals surface area contributed by atoms with E-state index in [4.69, 9.17) is 0 Å². The molecule has 0 saturated carbocycles. The lowest BCUT2D eigenvalue weighted by molar-refractivity contribution is 0.794. The third kappa shape index (κ3) is 36.3. The van der Waals surface area contributed by atoms with Gasteiger partial charge in [-0.2, -0.15) is 0 Å². The van der Waals surface area contributed by atoms with Crippen molar-refractivity contribution in [3.05, 3.63) is 374 Å². The standard InChI is InChI=1S/C25H16.3C10H8.3C6H6.28H2O/c1-5-13-21-17(9-1)18-10-2-6-14-22(18)25(21)23-15-7-3-11-19(23)20-12-4-8-16-24(20)25;3*1-2-6-10-8-4-3-7-9(10)5-1;3*1-2-4-6-5-3-1;;;;;;;;;;;;;;;;;;;;;;;;;;;;/h1-16H;3*1-8H;3*1-6H;28*1H2. The Morgan fingerprint density at radius 2 is 0.188 bits per heavy atom. The molecule has 574 valence electrons. The molecule has 0 radical (unpaired) electrons. The van der Waals surface area contributed by atoms with E-state index in [1.807, 2.05) is 109 Å². The summed E-state index contributed by atoms with van der Waals surface area (Å²) in [6.07, 6.45) is 0. The third-order valence-electron chi connectivity index (χ3n) is 12.9. The SMILES string of the molecule is O.O.O.O.O.O.O.O.O.O.O.O.O.O.O.O.O.O.O.O.O.O.O.O.O.O.O.O.c1ccc2c(c1)-c1ccccc1C21c2ccccc2-c2ccccc21.c1ccc2ccccc2c1.c1ccc2ccccc2c1.c1ccc2ccccc2c1.c1ccccc1.c1ccccc1.c1ccccc1. The maximum Gasteiger partial charge on any atom is 0.0725 e. The van der Waals surface area contributed by atoms with E-state index in [9.17, 15) is 0 Å². The summed E-state index contributed by atoms with van der Waals surface area (Å²) in [7, 11) is 0. The molecule has 56 N–H and O–H groups in total. The number of fused-ring (bicyclic) bond motifs is 13. The Labute approximate surface area is 585 Å². The Morgan fingerprint density at radius 3 is 0.297 bits per heavy atom. The predicted octanol–water partition coefficient (Wildman–Crippen LogP) is -3.48. The zero-order valence-electron chi connectivity index (χ0n) is 55.0. The highest BCUT2D eigenvalue weighted by atomic mass is 16.0. The van der Waals surface area contributed by atoms with Crippen LogP contribution in [0.5, 0.6) is 0 Å². The van der Waals surface area contributed by atoms with Gasteiger partial charge in [-0.3, -0.25) is 0 Å². The maximum absolute atomic E-state index is 2.31. The number of hydrogen-bond acceptors (Lipinski definition) is 0. The Hall–Kier alpha value is -10.5. The van der Waals surface area contributed by atoms with Crippen LogP contribution in [0.15, 0.2) is 352 Å². The quantitative estimate of drug-likeness (QED) is 0.143. The van der Waals surface area contributed by atoms with Crippen molar-refractivity contribution < 1.29 is 153 Å². The normalized spacial score (nSPS) is 8.04. The van der Waals surface area contributed by atoms with Gasteiger partial charge >= 0.3 is 0 Å². The van der Waals surface area contributed by atoms with E-state index in [0.717, 1.165) is 0 Å². The monoisotopic (exact) mass is 1440 g/mol. The van der Waals surface area contributed by atoms with Crippen molar-refractivity contribution >= 4 is 32.3 Å². The van der Waals surface area contributed by atoms with Gasteiger partial charge in [-0.1, -0.05) is 352 Å². The number of benzene rings is 13. The van der Waals surface area contributed by atoms with E-state index in [1.165, 1.54) is 76.8 Å². The van der Waals surface area contributed by atoms with Crippen molar-refractivity contribution in [2.24, 2.45) is 0 Å². The molecule has 1 spiro atoms. The van der Waals surface area contributed by atoms with Crippen molar-refractivity contribution in [2.75, 3.05) is 0 Å². The summed E-state index contributed by atoms with van der Waals surface area (Å²) in [5.41, 5.74) is 10.9.